The third kappa shape index (κ3) is 2.96. The molecule has 0 N–H and O–H groups in total. The van der Waals surface area contributed by atoms with Crippen molar-refractivity contribution in [1.82, 2.24) is 20.2 Å². The van der Waals surface area contributed by atoms with Crippen LogP contribution >= 0.6 is 11.8 Å². The second kappa shape index (κ2) is 5.58. The number of nitro benzene ring substituents is 1. The first-order valence-electron chi connectivity index (χ1n) is 6.32. The summed E-state index contributed by atoms with van der Waals surface area (Å²) in [6.07, 6.45) is 2.29. The average Bonchev–Trinajstić information content (AvgIpc) is 3.19. The van der Waals surface area contributed by atoms with Gasteiger partial charge in [0, 0.05) is 17.9 Å². The van der Waals surface area contributed by atoms with Crippen molar-refractivity contribution in [1.29, 1.82) is 0 Å². The first-order chi connectivity index (χ1) is 9.74. The molecule has 1 aliphatic carbocycles. The summed E-state index contributed by atoms with van der Waals surface area (Å²) in [4.78, 5) is 10.3. The fourth-order valence-electron chi connectivity index (χ4n) is 1.93. The fraction of sp³-hybridized carbons (Fsp3) is 0.417. The van der Waals surface area contributed by atoms with Crippen LogP contribution in [0.1, 0.15) is 30.3 Å². The quantitative estimate of drug-likeness (QED) is 0.599. The number of thioether (sulfide) groups is 1. The zero-order valence-corrected chi connectivity index (χ0v) is 11.5. The van der Waals surface area contributed by atoms with Gasteiger partial charge in [0.1, 0.15) is 0 Å². The van der Waals surface area contributed by atoms with E-state index in [0.717, 1.165) is 24.2 Å². The Hall–Kier alpha value is -1.96. The van der Waals surface area contributed by atoms with Crippen LogP contribution in [0.3, 0.4) is 0 Å². The molecule has 104 valence electrons. The Kier molecular flexibility index (Phi) is 3.64. The molecule has 1 aromatic heterocycles. The van der Waals surface area contributed by atoms with E-state index in [1.807, 2.05) is 10.7 Å². The standard InChI is InChI=1S/C12H13N5O2S/c18-17(19)11-3-1-2-9(6-11)7-20-8-12-13-14-15-16(12)10-4-5-10/h1-3,6,10H,4-5,7-8H2. The number of benzene rings is 1. The molecule has 0 saturated heterocycles. The van der Waals surface area contributed by atoms with Crippen molar-refractivity contribution in [2.45, 2.75) is 30.4 Å². The molecule has 0 atom stereocenters. The predicted molar refractivity (Wildman–Crippen MR) is 74.2 cm³/mol. The largest absolute Gasteiger partial charge is 0.269 e. The van der Waals surface area contributed by atoms with Crippen LogP contribution in [0.4, 0.5) is 5.69 Å². The summed E-state index contributed by atoms with van der Waals surface area (Å²) in [5.41, 5.74) is 1.07. The number of tetrazole rings is 1. The molecule has 0 bridgehead atoms. The number of rotatable bonds is 6. The maximum absolute atomic E-state index is 10.7. The number of nitrogens with zero attached hydrogens (tertiary/aromatic N) is 5. The molecular weight excluding hydrogens is 278 g/mol. The second-order valence-electron chi connectivity index (χ2n) is 4.69. The molecule has 0 radical (unpaired) electrons. The summed E-state index contributed by atoms with van der Waals surface area (Å²) in [5.74, 6) is 2.30. The van der Waals surface area contributed by atoms with Crippen LogP contribution in [-0.4, -0.2) is 25.1 Å². The first-order valence-corrected chi connectivity index (χ1v) is 7.47. The highest BCUT2D eigenvalue weighted by molar-refractivity contribution is 7.97. The van der Waals surface area contributed by atoms with Crippen LogP contribution in [0, 0.1) is 10.1 Å². The lowest BCUT2D eigenvalue weighted by Gasteiger charge is -2.03. The number of hydrogen-bond acceptors (Lipinski definition) is 6. The van der Waals surface area contributed by atoms with Crippen LogP contribution in [0.5, 0.6) is 0 Å². The van der Waals surface area contributed by atoms with E-state index >= 15 is 0 Å². The summed E-state index contributed by atoms with van der Waals surface area (Å²) < 4.78 is 1.89. The highest BCUT2D eigenvalue weighted by Crippen LogP contribution is 2.35. The maximum atomic E-state index is 10.7. The van der Waals surface area contributed by atoms with Crippen molar-refractivity contribution in [3.63, 3.8) is 0 Å². The van der Waals surface area contributed by atoms with Crippen molar-refractivity contribution in [3.05, 3.63) is 45.8 Å². The third-order valence-electron chi connectivity index (χ3n) is 3.07. The zero-order chi connectivity index (χ0) is 13.9. The van der Waals surface area contributed by atoms with E-state index in [1.54, 1.807) is 23.9 Å². The van der Waals surface area contributed by atoms with Crippen molar-refractivity contribution in [2.24, 2.45) is 0 Å². The topological polar surface area (TPSA) is 86.7 Å². The lowest BCUT2D eigenvalue weighted by Crippen LogP contribution is -2.02. The molecule has 1 saturated carbocycles. The molecule has 8 heteroatoms. The van der Waals surface area contributed by atoms with Crippen LogP contribution in [-0.2, 0) is 11.5 Å². The fourth-order valence-corrected chi connectivity index (χ4v) is 2.82. The Labute approximate surface area is 119 Å². The zero-order valence-electron chi connectivity index (χ0n) is 10.7. The smallest absolute Gasteiger partial charge is 0.258 e. The molecule has 1 fully saturated rings. The lowest BCUT2D eigenvalue weighted by molar-refractivity contribution is -0.384. The van der Waals surface area contributed by atoms with Gasteiger partial charge in [0.25, 0.3) is 5.69 Å². The van der Waals surface area contributed by atoms with E-state index in [0.29, 0.717) is 17.5 Å². The van der Waals surface area contributed by atoms with Crippen LogP contribution in [0.25, 0.3) is 0 Å². The monoisotopic (exact) mass is 291 g/mol. The number of hydrogen-bond donors (Lipinski definition) is 0. The van der Waals surface area contributed by atoms with E-state index in [1.165, 1.54) is 6.07 Å². The van der Waals surface area contributed by atoms with E-state index in [-0.39, 0.29) is 10.6 Å². The summed E-state index contributed by atoms with van der Waals surface area (Å²) in [7, 11) is 0. The van der Waals surface area contributed by atoms with Gasteiger partial charge in [-0.3, -0.25) is 10.1 Å². The number of aromatic nitrogens is 4. The minimum absolute atomic E-state index is 0.130. The van der Waals surface area contributed by atoms with Gasteiger partial charge in [0.05, 0.1) is 16.7 Å². The Morgan fingerprint density at radius 3 is 3.00 bits per heavy atom. The van der Waals surface area contributed by atoms with E-state index in [2.05, 4.69) is 15.5 Å². The highest BCUT2D eigenvalue weighted by Gasteiger charge is 2.27. The van der Waals surface area contributed by atoms with Crippen molar-refractivity contribution in [2.75, 3.05) is 0 Å². The summed E-state index contributed by atoms with van der Waals surface area (Å²) in [6, 6.07) is 7.18. The molecule has 1 aromatic carbocycles. The summed E-state index contributed by atoms with van der Waals surface area (Å²) in [5, 5.41) is 22.4. The Balaban J connectivity index is 1.58. The number of nitro groups is 1. The molecule has 0 spiro atoms. The molecule has 3 rings (SSSR count). The summed E-state index contributed by atoms with van der Waals surface area (Å²) in [6.45, 7) is 0. The Bertz CT molecular complexity index is 626. The number of non-ortho nitro benzene ring substituents is 1. The van der Waals surface area contributed by atoms with E-state index in [9.17, 15) is 10.1 Å². The highest BCUT2D eigenvalue weighted by atomic mass is 32.2. The predicted octanol–water partition coefficient (Wildman–Crippen LogP) is 2.35. The normalized spacial score (nSPS) is 14.4. The van der Waals surface area contributed by atoms with Crippen molar-refractivity contribution in [3.8, 4) is 0 Å². The van der Waals surface area contributed by atoms with Crippen molar-refractivity contribution < 1.29 is 4.92 Å². The van der Waals surface area contributed by atoms with Gasteiger partial charge in [-0.1, -0.05) is 12.1 Å². The van der Waals surface area contributed by atoms with E-state index < -0.39 is 0 Å². The molecule has 1 heterocycles. The molecule has 7 nitrogen and oxygen atoms in total. The SMILES string of the molecule is O=[N+]([O-])c1cccc(CSCc2nnnn2C2CC2)c1. The minimum atomic E-state index is -0.373. The molecule has 0 aliphatic heterocycles. The van der Waals surface area contributed by atoms with Crippen LogP contribution in [0.15, 0.2) is 24.3 Å². The second-order valence-corrected chi connectivity index (χ2v) is 5.68. The molecule has 0 unspecified atom stereocenters. The van der Waals surface area contributed by atoms with Gasteiger partial charge in [0.2, 0.25) is 0 Å². The molecule has 20 heavy (non-hydrogen) atoms. The van der Waals surface area contributed by atoms with Gasteiger partial charge in [-0.05, 0) is 28.8 Å². The van der Waals surface area contributed by atoms with Gasteiger partial charge in [0.15, 0.2) is 5.82 Å². The molecule has 2 aromatic rings. The Morgan fingerprint density at radius 1 is 1.40 bits per heavy atom. The van der Waals surface area contributed by atoms with Crippen LogP contribution < -0.4 is 0 Å². The molecule has 1 aliphatic rings. The lowest BCUT2D eigenvalue weighted by atomic mass is 10.2. The van der Waals surface area contributed by atoms with Crippen molar-refractivity contribution >= 4 is 17.4 Å². The maximum Gasteiger partial charge on any atom is 0.269 e. The van der Waals surface area contributed by atoms with Gasteiger partial charge in [-0.15, -0.1) is 16.9 Å². The summed E-state index contributed by atoms with van der Waals surface area (Å²) >= 11 is 1.66. The van der Waals surface area contributed by atoms with Gasteiger partial charge < -0.3 is 0 Å². The van der Waals surface area contributed by atoms with Gasteiger partial charge >= 0.3 is 0 Å². The minimum Gasteiger partial charge on any atom is -0.258 e. The molecule has 0 amide bonds. The third-order valence-corrected chi connectivity index (χ3v) is 4.07. The average molecular weight is 291 g/mol. The van der Waals surface area contributed by atoms with E-state index in [4.69, 9.17) is 0 Å². The first kappa shape index (κ1) is 13.0. The molecular formula is C12H13N5O2S. The Morgan fingerprint density at radius 2 is 2.25 bits per heavy atom. The van der Waals surface area contributed by atoms with Crippen LogP contribution in [0.2, 0.25) is 0 Å². The van der Waals surface area contributed by atoms with Gasteiger partial charge in [-0.2, -0.15) is 0 Å². The van der Waals surface area contributed by atoms with Gasteiger partial charge in [-0.25, -0.2) is 4.68 Å².